The number of amides is 2. The van der Waals surface area contributed by atoms with Crippen molar-refractivity contribution >= 4 is 11.8 Å². The van der Waals surface area contributed by atoms with E-state index in [0.717, 1.165) is 6.20 Å². The van der Waals surface area contributed by atoms with Crippen LogP contribution in [0.5, 0.6) is 5.75 Å². The molecule has 0 spiro atoms. The second-order valence-corrected chi connectivity index (χ2v) is 7.10. The van der Waals surface area contributed by atoms with Gasteiger partial charge in [-0.2, -0.15) is 8.78 Å². The zero-order chi connectivity index (χ0) is 22.9. The van der Waals surface area contributed by atoms with Gasteiger partial charge in [0, 0.05) is 30.9 Å². The lowest BCUT2D eigenvalue weighted by Gasteiger charge is -2.24. The highest BCUT2D eigenvalue weighted by atomic mass is 19.3. The SMILES string of the molecule is CNC(=O)c1nccc2c1CN(C(C)c1cc(C)c(OCC(F)(F)C(F)F)cn1)C2=O. The molecule has 11 heteroatoms. The molecule has 3 rings (SSSR count). The number of fused-ring (bicyclic) bond motifs is 1. The first kappa shape index (κ1) is 22.4. The summed E-state index contributed by atoms with van der Waals surface area (Å²) in [5.74, 6) is -5.04. The summed E-state index contributed by atoms with van der Waals surface area (Å²) in [4.78, 5) is 34.6. The number of nitrogens with zero attached hydrogens (tertiary/aromatic N) is 3. The van der Waals surface area contributed by atoms with Crippen molar-refractivity contribution < 1.29 is 31.9 Å². The van der Waals surface area contributed by atoms with Crippen LogP contribution in [0, 0.1) is 6.92 Å². The third-order valence-corrected chi connectivity index (χ3v) is 5.04. The number of carbonyl (C=O) groups is 2. The van der Waals surface area contributed by atoms with Crippen LogP contribution < -0.4 is 10.1 Å². The molecule has 0 saturated carbocycles. The Morgan fingerprint density at radius 1 is 1.35 bits per heavy atom. The van der Waals surface area contributed by atoms with E-state index in [0.29, 0.717) is 22.4 Å². The van der Waals surface area contributed by atoms with E-state index in [1.165, 1.54) is 30.3 Å². The fraction of sp³-hybridized carbons (Fsp3) is 0.400. The quantitative estimate of drug-likeness (QED) is 0.669. The van der Waals surface area contributed by atoms with Crippen LogP contribution in [0.15, 0.2) is 24.5 Å². The molecule has 166 valence electrons. The van der Waals surface area contributed by atoms with Gasteiger partial charge in [0.25, 0.3) is 11.8 Å². The summed E-state index contributed by atoms with van der Waals surface area (Å²) in [6.45, 7) is 1.95. The first-order valence-electron chi connectivity index (χ1n) is 9.33. The molecular formula is C20H20F4N4O3. The highest BCUT2D eigenvalue weighted by Gasteiger charge is 2.42. The average Bonchev–Trinajstić information content (AvgIpc) is 3.08. The maximum atomic E-state index is 13.1. The van der Waals surface area contributed by atoms with Crippen molar-refractivity contribution in [1.82, 2.24) is 20.2 Å². The maximum Gasteiger partial charge on any atom is 0.340 e. The first-order chi connectivity index (χ1) is 14.6. The smallest absolute Gasteiger partial charge is 0.340 e. The van der Waals surface area contributed by atoms with Gasteiger partial charge in [-0.15, -0.1) is 0 Å². The molecule has 1 aliphatic heterocycles. The van der Waals surface area contributed by atoms with E-state index in [9.17, 15) is 27.2 Å². The molecule has 1 unspecified atom stereocenters. The lowest BCUT2D eigenvalue weighted by molar-refractivity contribution is -0.148. The number of alkyl halides is 4. The van der Waals surface area contributed by atoms with Crippen molar-refractivity contribution in [3.8, 4) is 5.75 Å². The molecule has 2 aromatic heterocycles. The van der Waals surface area contributed by atoms with Gasteiger partial charge >= 0.3 is 12.3 Å². The van der Waals surface area contributed by atoms with Crippen molar-refractivity contribution in [3.05, 3.63) is 52.6 Å². The molecule has 1 aliphatic rings. The predicted molar refractivity (Wildman–Crippen MR) is 101 cm³/mol. The fourth-order valence-electron chi connectivity index (χ4n) is 3.22. The standard InChI is InChI=1S/C20H20F4N4O3/c1-10-6-14(27-7-15(10)31-9-20(23,24)19(21)22)11(2)28-8-13-12(18(28)30)4-5-26-16(13)17(29)25-3/h4-7,11,19H,8-9H2,1-3H3,(H,25,29). The van der Waals surface area contributed by atoms with E-state index in [4.69, 9.17) is 4.74 Å². The van der Waals surface area contributed by atoms with E-state index in [1.807, 2.05) is 0 Å². The summed E-state index contributed by atoms with van der Waals surface area (Å²) in [5, 5.41) is 2.49. The molecule has 2 aromatic rings. The van der Waals surface area contributed by atoms with E-state index < -0.39 is 30.9 Å². The summed E-state index contributed by atoms with van der Waals surface area (Å²) in [5.41, 5.74) is 1.88. The maximum absolute atomic E-state index is 13.1. The molecule has 3 heterocycles. The second kappa shape index (κ2) is 8.48. The molecule has 0 aromatic carbocycles. The van der Waals surface area contributed by atoms with Crippen LogP contribution in [0.3, 0.4) is 0 Å². The number of pyridine rings is 2. The third kappa shape index (κ3) is 4.30. The minimum atomic E-state index is -4.28. The van der Waals surface area contributed by atoms with Gasteiger partial charge in [-0.25, -0.2) is 8.78 Å². The van der Waals surface area contributed by atoms with Crippen molar-refractivity contribution in [1.29, 1.82) is 0 Å². The Balaban J connectivity index is 1.79. The van der Waals surface area contributed by atoms with Crippen molar-refractivity contribution in [2.45, 2.75) is 38.8 Å². The number of carbonyl (C=O) groups excluding carboxylic acids is 2. The Labute approximate surface area is 175 Å². The number of hydrogen-bond acceptors (Lipinski definition) is 5. The predicted octanol–water partition coefficient (Wildman–Crippen LogP) is 3.14. The molecule has 0 bridgehead atoms. The second-order valence-electron chi connectivity index (χ2n) is 7.10. The Kier molecular flexibility index (Phi) is 6.14. The molecular weight excluding hydrogens is 420 g/mol. The van der Waals surface area contributed by atoms with E-state index in [1.54, 1.807) is 13.8 Å². The monoisotopic (exact) mass is 440 g/mol. The number of rotatable bonds is 7. The Morgan fingerprint density at radius 3 is 2.68 bits per heavy atom. The normalized spacial score (nSPS) is 14.6. The lowest BCUT2D eigenvalue weighted by Crippen LogP contribution is -2.34. The zero-order valence-electron chi connectivity index (χ0n) is 17.0. The molecule has 2 amide bonds. The van der Waals surface area contributed by atoms with Crippen LogP contribution in [0.25, 0.3) is 0 Å². The van der Waals surface area contributed by atoms with Gasteiger partial charge in [-0.05, 0) is 31.5 Å². The lowest BCUT2D eigenvalue weighted by atomic mass is 10.1. The zero-order valence-corrected chi connectivity index (χ0v) is 17.0. The largest absolute Gasteiger partial charge is 0.485 e. The minimum absolute atomic E-state index is 0.0570. The highest BCUT2D eigenvalue weighted by molar-refractivity contribution is 6.03. The van der Waals surface area contributed by atoms with Crippen LogP contribution >= 0.6 is 0 Å². The van der Waals surface area contributed by atoms with Gasteiger partial charge in [-0.3, -0.25) is 19.6 Å². The Bertz CT molecular complexity index is 1020. The summed E-state index contributed by atoms with van der Waals surface area (Å²) >= 11 is 0. The van der Waals surface area contributed by atoms with Gasteiger partial charge < -0.3 is 15.0 Å². The number of halogens is 4. The van der Waals surface area contributed by atoms with Crippen molar-refractivity contribution in [2.75, 3.05) is 13.7 Å². The van der Waals surface area contributed by atoms with Gasteiger partial charge in [0.15, 0.2) is 6.61 Å². The van der Waals surface area contributed by atoms with E-state index >= 15 is 0 Å². The Morgan fingerprint density at radius 2 is 2.06 bits per heavy atom. The molecule has 7 nitrogen and oxygen atoms in total. The summed E-state index contributed by atoms with van der Waals surface area (Å²) < 4.78 is 55.6. The van der Waals surface area contributed by atoms with Crippen LogP contribution in [-0.2, 0) is 6.54 Å². The number of aromatic nitrogens is 2. The van der Waals surface area contributed by atoms with Crippen molar-refractivity contribution in [2.24, 2.45) is 0 Å². The summed E-state index contributed by atoms with van der Waals surface area (Å²) in [6.07, 6.45) is -1.29. The molecule has 0 fully saturated rings. The highest BCUT2D eigenvalue weighted by Crippen LogP contribution is 2.33. The fourth-order valence-corrected chi connectivity index (χ4v) is 3.22. The van der Waals surface area contributed by atoms with Crippen molar-refractivity contribution in [3.63, 3.8) is 0 Å². The van der Waals surface area contributed by atoms with Crippen LogP contribution in [0.2, 0.25) is 0 Å². The minimum Gasteiger partial charge on any atom is -0.485 e. The first-order valence-corrected chi connectivity index (χ1v) is 9.33. The topological polar surface area (TPSA) is 84.4 Å². The molecule has 1 atom stereocenters. The summed E-state index contributed by atoms with van der Waals surface area (Å²) in [7, 11) is 1.47. The van der Waals surface area contributed by atoms with Gasteiger partial charge in [0.2, 0.25) is 0 Å². The van der Waals surface area contributed by atoms with Crippen LogP contribution in [0.4, 0.5) is 17.6 Å². The molecule has 0 radical (unpaired) electrons. The van der Waals surface area contributed by atoms with Gasteiger partial charge in [-0.1, -0.05) is 0 Å². The number of hydrogen-bond donors (Lipinski definition) is 1. The molecule has 1 N–H and O–H groups in total. The third-order valence-electron chi connectivity index (χ3n) is 5.04. The van der Waals surface area contributed by atoms with Crippen LogP contribution in [-0.4, -0.2) is 52.7 Å². The average molecular weight is 440 g/mol. The molecule has 0 saturated heterocycles. The number of aryl methyl sites for hydroxylation is 1. The Hall–Kier alpha value is -3.24. The summed E-state index contributed by atoms with van der Waals surface area (Å²) in [6, 6.07) is 2.55. The van der Waals surface area contributed by atoms with Gasteiger partial charge in [0.1, 0.15) is 11.4 Å². The number of nitrogens with one attached hydrogen (secondary N) is 1. The number of ether oxygens (including phenoxy) is 1. The van der Waals surface area contributed by atoms with Crippen LogP contribution in [0.1, 0.15) is 50.6 Å². The van der Waals surface area contributed by atoms with E-state index in [2.05, 4.69) is 15.3 Å². The van der Waals surface area contributed by atoms with E-state index in [-0.39, 0.29) is 23.9 Å². The van der Waals surface area contributed by atoms with Gasteiger partial charge in [0.05, 0.1) is 17.9 Å². The molecule has 31 heavy (non-hydrogen) atoms. The molecule has 0 aliphatic carbocycles.